The fourth-order valence-corrected chi connectivity index (χ4v) is 5.09. The third kappa shape index (κ3) is 0.222. The smallest absolute Gasteiger partial charge is 0.0170 e. The third-order valence-corrected chi connectivity index (χ3v) is 5.31. The van der Waals surface area contributed by atoms with E-state index in [0.29, 0.717) is 0 Å². The summed E-state index contributed by atoms with van der Waals surface area (Å²) in [7, 11) is 0. The molecule has 5 aliphatic carbocycles. The van der Waals surface area contributed by atoms with E-state index < -0.39 is 0 Å². The van der Waals surface area contributed by atoms with Gasteiger partial charge in [-0.25, -0.2) is 0 Å². The van der Waals surface area contributed by atoms with Crippen LogP contribution in [0.5, 0.6) is 0 Å². The van der Waals surface area contributed by atoms with Crippen molar-refractivity contribution in [3.63, 3.8) is 0 Å². The summed E-state index contributed by atoms with van der Waals surface area (Å²) in [5, 5.41) is 0. The Morgan fingerprint density at radius 3 is 2.80 bits per heavy atom. The van der Waals surface area contributed by atoms with Gasteiger partial charge in [-0.1, -0.05) is 12.8 Å². The summed E-state index contributed by atoms with van der Waals surface area (Å²) in [5.41, 5.74) is 2.02. The van der Waals surface area contributed by atoms with Gasteiger partial charge in [-0.05, 0) is 48.3 Å². The zero-order chi connectivity index (χ0) is 6.40. The van der Waals surface area contributed by atoms with Crippen LogP contribution in [-0.4, -0.2) is 0 Å². The summed E-state index contributed by atoms with van der Waals surface area (Å²) in [5.74, 6) is 2.54. The Hall–Kier alpha value is 0. The van der Waals surface area contributed by atoms with Crippen LogP contribution in [0.2, 0.25) is 0 Å². The lowest BCUT2D eigenvalue weighted by molar-refractivity contribution is 0.231. The van der Waals surface area contributed by atoms with Gasteiger partial charge in [-0.3, -0.25) is 0 Å². The molecule has 5 rings (SSSR count). The minimum atomic E-state index is 0.996. The van der Waals surface area contributed by atoms with E-state index in [9.17, 15) is 0 Å². The maximum absolute atomic E-state index is 1.63. The lowest BCUT2D eigenvalue weighted by atomic mass is 9.78. The second kappa shape index (κ2) is 1.00. The Morgan fingerprint density at radius 2 is 1.90 bits per heavy atom. The van der Waals surface area contributed by atoms with Gasteiger partial charge in [0, 0.05) is 0 Å². The van der Waals surface area contributed by atoms with Crippen molar-refractivity contribution < 1.29 is 0 Å². The van der Waals surface area contributed by atoms with Crippen molar-refractivity contribution in [2.24, 2.45) is 22.7 Å². The molecule has 2 spiro atoms. The molecule has 4 atom stereocenters. The zero-order valence-corrected chi connectivity index (χ0v) is 6.40. The van der Waals surface area contributed by atoms with Crippen LogP contribution in [0.1, 0.15) is 38.5 Å². The Labute approximate surface area is 62.0 Å². The number of rotatable bonds is 0. The van der Waals surface area contributed by atoms with Crippen molar-refractivity contribution in [3.05, 3.63) is 0 Å². The minimum absolute atomic E-state index is 0.996. The van der Waals surface area contributed by atoms with E-state index in [1.807, 2.05) is 0 Å². The molecule has 0 amide bonds. The lowest BCUT2D eigenvalue weighted by Gasteiger charge is -2.26. The van der Waals surface area contributed by atoms with Gasteiger partial charge in [-0.15, -0.1) is 0 Å². The highest BCUT2D eigenvalue weighted by atomic mass is 15.0. The monoisotopic (exact) mass is 134 g/mol. The minimum Gasteiger partial charge on any atom is -0.0527 e. The first kappa shape index (κ1) is 4.79. The average Bonchev–Trinajstić information content (AvgIpc) is 2.64. The molecule has 0 radical (unpaired) electrons. The SMILES string of the molecule is C1CCC23C4CCC2(C1)C43. The molecular weight excluding hydrogens is 120 g/mol. The largest absolute Gasteiger partial charge is 0.0527 e. The summed E-state index contributed by atoms with van der Waals surface area (Å²) < 4.78 is 0. The van der Waals surface area contributed by atoms with E-state index in [1.165, 1.54) is 11.8 Å². The normalized spacial score (nSPS) is 74.4. The summed E-state index contributed by atoms with van der Waals surface area (Å²) in [6.07, 6.45) is 9.61. The Balaban J connectivity index is 1.87. The van der Waals surface area contributed by atoms with Crippen molar-refractivity contribution in [3.8, 4) is 0 Å². The molecule has 0 heteroatoms. The summed E-state index contributed by atoms with van der Waals surface area (Å²) in [4.78, 5) is 0. The number of fused-ring (bicyclic) bond motifs is 1. The average molecular weight is 134 g/mol. The molecule has 0 aromatic rings. The molecule has 5 aliphatic rings. The predicted octanol–water partition coefficient (Wildman–Crippen LogP) is 2.59. The molecule has 2 bridgehead atoms. The molecule has 0 N–H and O–H groups in total. The van der Waals surface area contributed by atoms with Crippen molar-refractivity contribution in [2.45, 2.75) is 38.5 Å². The quantitative estimate of drug-likeness (QED) is 0.477. The third-order valence-electron chi connectivity index (χ3n) is 5.31. The molecule has 0 aromatic carbocycles. The number of hydrogen-bond acceptors (Lipinski definition) is 0. The van der Waals surface area contributed by atoms with Crippen LogP contribution in [0.4, 0.5) is 0 Å². The highest BCUT2D eigenvalue weighted by Crippen LogP contribution is 3.01. The van der Waals surface area contributed by atoms with Crippen molar-refractivity contribution in [1.29, 1.82) is 0 Å². The molecule has 0 aromatic heterocycles. The first-order chi connectivity index (χ1) is 4.92. The second-order valence-corrected chi connectivity index (χ2v) is 5.03. The molecule has 0 aliphatic heterocycles. The fourth-order valence-electron chi connectivity index (χ4n) is 5.09. The number of hydrogen-bond donors (Lipinski definition) is 0. The standard InChI is InChI=1S/C10H14/c1-2-5-10-7-3-6-9(10,4-1)8(7)10/h7-8H,1-6H2. The predicted molar refractivity (Wildman–Crippen MR) is 39.5 cm³/mol. The molecule has 0 heterocycles. The van der Waals surface area contributed by atoms with Gasteiger partial charge in [0.2, 0.25) is 0 Å². The van der Waals surface area contributed by atoms with E-state index in [2.05, 4.69) is 0 Å². The Morgan fingerprint density at radius 1 is 1.00 bits per heavy atom. The summed E-state index contributed by atoms with van der Waals surface area (Å²) in [6.45, 7) is 0. The molecule has 0 saturated heterocycles. The maximum atomic E-state index is 1.63. The van der Waals surface area contributed by atoms with E-state index in [1.54, 1.807) is 38.5 Å². The van der Waals surface area contributed by atoms with E-state index in [4.69, 9.17) is 0 Å². The lowest BCUT2D eigenvalue weighted by Crippen LogP contribution is -2.17. The van der Waals surface area contributed by atoms with Crippen LogP contribution in [-0.2, 0) is 0 Å². The topological polar surface area (TPSA) is 0 Å². The molecule has 5 saturated carbocycles. The van der Waals surface area contributed by atoms with Crippen LogP contribution < -0.4 is 0 Å². The molecule has 0 nitrogen and oxygen atoms in total. The van der Waals surface area contributed by atoms with E-state index in [0.717, 1.165) is 10.8 Å². The van der Waals surface area contributed by atoms with Crippen molar-refractivity contribution >= 4 is 0 Å². The fraction of sp³-hybridized carbons (Fsp3) is 1.00. The van der Waals surface area contributed by atoms with Crippen LogP contribution in [0.3, 0.4) is 0 Å². The van der Waals surface area contributed by atoms with Gasteiger partial charge in [0.15, 0.2) is 0 Å². The van der Waals surface area contributed by atoms with Crippen LogP contribution in [0.25, 0.3) is 0 Å². The van der Waals surface area contributed by atoms with Crippen LogP contribution >= 0.6 is 0 Å². The van der Waals surface area contributed by atoms with Crippen molar-refractivity contribution in [1.82, 2.24) is 0 Å². The second-order valence-electron chi connectivity index (χ2n) is 5.03. The van der Waals surface area contributed by atoms with Crippen LogP contribution in [0.15, 0.2) is 0 Å². The van der Waals surface area contributed by atoms with Gasteiger partial charge < -0.3 is 0 Å². The highest BCUT2D eigenvalue weighted by Gasteiger charge is 2.96. The molecule has 4 unspecified atom stereocenters. The van der Waals surface area contributed by atoms with Crippen molar-refractivity contribution in [2.75, 3.05) is 0 Å². The van der Waals surface area contributed by atoms with E-state index in [-0.39, 0.29) is 0 Å². The van der Waals surface area contributed by atoms with Gasteiger partial charge >= 0.3 is 0 Å². The highest BCUT2D eigenvalue weighted by molar-refractivity contribution is 5.43. The summed E-state index contributed by atoms with van der Waals surface area (Å²) in [6, 6.07) is 0. The summed E-state index contributed by atoms with van der Waals surface area (Å²) >= 11 is 0. The Bertz CT molecular complexity index is 208. The van der Waals surface area contributed by atoms with E-state index >= 15 is 0 Å². The zero-order valence-electron chi connectivity index (χ0n) is 6.40. The van der Waals surface area contributed by atoms with Crippen LogP contribution in [0, 0.1) is 22.7 Å². The first-order valence-electron chi connectivity index (χ1n) is 4.92. The first-order valence-corrected chi connectivity index (χ1v) is 4.92. The van der Waals surface area contributed by atoms with Gasteiger partial charge in [-0.2, -0.15) is 0 Å². The molecule has 54 valence electrons. The Kier molecular flexibility index (Phi) is 0.479. The maximum Gasteiger partial charge on any atom is -0.0170 e. The van der Waals surface area contributed by atoms with Gasteiger partial charge in [0.1, 0.15) is 0 Å². The molecule has 10 heavy (non-hydrogen) atoms. The molecular formula is C10H14. The molecule has 5 fully saturated rings. The van der Waals surface area contributed by atoms with Gasteiger partial charge in [0.25, 0.3) is 0 Å². The van der Waals surface area contributed by atoms with Gasteiger partial charge in [0.05, 0.1) is 0 Å².